The van der Waals surface area contributed by atoms with Gasteiger partial charge in [-0.25, -0.2) is 4.79 Å². The van der Waals surface area contributed by atoms with Crippen LogP contribution in [0.3, 0.4) is 0 Å². The zero-order valence-electron chi connectivity index (χ0n) is 6.48. The van der Waals surface area contributed by atoms with Crippen LogP contribution in [0.5, 0.6) is 5.75 Å². The maximum Gasteiger partial charge on any atom is 0.335 e. The quantitative estimate of drug-likeness (QED) is 0.713. The van der Waals surface area contributed by atoms with E-state index in [9.17, 15) is 9.90 Å². The first-order valence-electron chi connectivity index (χ1n) is 2.71. The molecule has 0 bridgehead atoms. The second kappa shape index (κ2) is 5.61. The zero-order valence-corrected chi connectivity index (χ0v) is 7.76. The van der Waals surface area contributed by atoms with Crippen molar-refractivity contribution < 1.29 is 32.4 Å². The maximum atomic E-state index is 10.7. The largest absolute Gasteiger partial charge is 0.872 e. The monoisotopic (exact) mass is 207 g/mol. The van der Waals surface area contributed by atoms with Gasteiger partial charge in [-0.15, -0.1) is 0 Å². The van der Waals surface area contributed by atoms with Gasteiger partial charge in [-0.2, -0.15) is 0 Å². The third-order valence-corrected chi connectivity index (χ3v) is 1.12. The first-order valence-corrected chi connectivity index (χ1v) is 2.71. The minimum absolute atomic E-state index is 0. The standard InChI is InChI=1S/C7H6O3.Cr.H3N/c8-6-4-2-1-3-5(6)7(9)10;;/h1-4,8H,(H,9,10);;1H3. The summed E-state index contributed by atoms with van der Waals surface area (Å²) in [4.78, 5) is 10.2. The number of carbonyl (C=O) groups is 1. The SMILES string of the molecule is O=C(O)c1ccccc1[O-].[Cr].[NH4+]. The number of carboxylic acids is 1. The second-order valence-electron chi connectivity index (χ2n) is 1.80. The van der Waals surface area contributed by atoms with Crippen LogP contribution in [-0.2, 0) is 17.4 Å². The number of benzene rings is 1. The van der Waals surface area contributed by atoms with Crippen molar-refractivity contribution in [2.24, 2.45) is 0 Å². The van der Waals surface area contributed by atoms with E-state index in [4.69, 9.17) is 5.11 Å². The van der Waals surface area contributed by atoms with Crippen molar-refractivity contribution in [3.63, 3.8) is 0 Å². The molecule has 0 saturated carbocycles. The number of quaternary nitrogens is 1. The van der Waals surface area contributed by atoms with E-state index >= 15 is 0 Å². The second-order valence-corrected chi connectivity index (χ2v) is 1.80. The van der Waals surface area contributed by atoms with Gasteiger partial charge < -0.3 is 16.4 Å². The van der Waals surface area contributed by atoms with Gasteiger partial charge in [-0.3, -0.25) is 0 Å². The smallest absolute Gasteiger partial charge is 0.335 e. The molecule has 0 heterocycles. The number of carboxylic acid groups (broad SMARTS) is 1. The summed E-state index contributed by atoms with van der Waals surface area (Å²) in [5, 5.41) is 19.0. The number of aromatic carboxylic acids is 1. The van der Waals surface area contributed by atoms with Crippen LogP contribution in [0.1, 0.15) is 10.4 Å². The van der Waals surface area contributed by atoms with Crippen LogP contribution in [0.4, 0.5) is 0 Å². The molecule has 66 valence electrons. The Hall–Kier alpha value is -1.02. The number of hydrogen-bond acceptors (Lipinski definition) is 2. The number of para-hydroxylation sites is 1. The first-order chi connectivity index (χ1) is 4.72. The molecule has 0 saturated heterocycles. The summed E-state index contributed by atoms with van der Waals surface area (Å²) in [5.74, 6) is -1.62. The molecule has 1 rings (SSSR count). The van der Waals surface area contributed by atoms with Crippen LogP contribution < -0.4 is 11.3 Å². The molecular formula is C7H9CrNO3. The van der Waals surface area contributed by atoms with E-state index in [1.54, 1.807) is 0 Å². The molecule has 0 spiro atoms. The van der Waals surface area contributed by atoms with Gasteiger partial charge in [-0.05, 0) is 6.07 Å². The fourth-order valence-corrected chi connectivity index (χ4v) is 0.643. The van der Waals surface area contributed by atoms with Gasteiger partial charge in [0.2, 0.25) is 0 Å². The van der Waals surface area contributed by atoms with Crippen LogP contribution in [0.2, 0.25) is 0 Å². The molecule has 5 heteroatoms. The Morgan fingerprint density at radius 3 is 2.17 bits per heavy atom. The molecule has 4 nitrogen and oxygen atoms in total. The molecule has 5 N–H and O–H groups in total. The average molecular weight is 207 g/mol. The van der Waals surface area contributed by atoms with Crippen LogP contribution in [0.25, 0.3) is 0 Å². The van der Waals surface area contributed by atoms with Crippen LogP contribution >= 0.6 is 0 Å². The molecule has 0 aliphatic heterocycles. The van der Waals surface area contributed by atoms with Gasteiger partial charge >= 0.3 is 5.97 Å². The first kappa shape index (κ1) is 13.6. The van der Waals surface area contributed by atoms with Gasteiger partial charge in [0.05, 0.1) is 5.56 Å². The molecule has 0 unspecified atom stereocenters. The molecule has 0 aromatic heterocycles. The molecule has 1 aromatic carbocycles. The minimum Gasteiger partial charge on any atom is -0.872 e. The minimum atomic E-state index is -1.18. The fourth-order valence-electron chi connectivity index (χ4n) is 0.643. The van der Waals surface area contributed by atoms with Gasteiger partial charge in [0.25, 0.3) is 0 Å². The van der Waals surface area contributed by atoms with Crippen LogP contribution in [-0.4, -0.2) is 11.1 Å². The summed E-state index contributed by atoms with van der Waals surface area (Å²) in [5.41, 5.74) is -0.178. The third kappa shape index (κ3) is 2.93. The molecule has 0 radical (unpaired) electrons. The topological polar surface area (TPSA) is 96.9 Å². The molecule has 0 aliphatic rings. The van der Waals surface area contributed by atoms with Crippen molar-refractivity contribution in [3.8, 4) is 5.75 Å². The molecule has 1 aromatic rings. The summed E-state index contributed by atoms with van der Waals surface area (Å²) < 4.78 is 0. The van der Waals surface area contributed by atoms with Crippen molar-refractivity contribution in [1.82, 2.24) is 6.15 Å². The average Bonchev–Trinajstić information content (AvgIpc) is 1.88. The molecule has 0 atom stereocenters. The molecule has 0 fully saturated rings. The molecule has 0 aliphatic carbocycles. The Morgan fingerprint density at radius 2 is 1.83 bits per heavy atom. The molecule has 0 amide bonds. The van der Waals surface area contributed by atoms with Crippen LogP contribution in [0, 0.1) is 0 Å². The predicted molar refractivity (Wildman–Crippen MR) is 38.8 cm³/mol. The predicted octanol–water partition coefficient (Wildman–Crippen LogP) is 0.832. The Bertz CT molecular complexity index is 265. The van der Waals surface area contributed by atoms with Gasteiger partial charge in [0, 0.05) is 17.4 Å². The molecule has 12 heavy (non-hydrogen) atoms. The van der Waals surface area contributed by atoms with Crippen molar-refractivity contribution in [3.05, 3.63) is 29.8 Å². The summed E-state index contributed by atoms with van der Waals surface area (Å²) in [6.07, 6.45) is 0. The van der Waals surface area contributed by atoms with E-state index in [1.807, 2.05) is 0 Å². The third-order valence-electron chi connectivity index (χ3n) is 1.12. The van der Waals surface area contributed by atoms with E-state index in [0.717, 1.165) is 0 Å². The Balaban J connectivity index is 0. The number of rotatable bonds is 1. The Labute approximate surface area is 80.6 Å². The van der Waals surface area contributed by atoms with Gasteiger partial charge in [-0.1, -0.05) is 23.9 Å². The Kier molecular flexibility index (Phi) is 6.34. The summed E-state index contributed by atoms with van der Waals surface area (Å²) in [7, 11) is 0. The van der Waals surface area contributed by atoms with E-state index in [0.29, 0.717) is 0 Å². The number of hydrogen-bond donors (Lipinski definition) is 2. The van der Waals surface area contributed by atoms with Gasteiger partial charge in [0.1, 0.15) is 0 Å². The van der Waals surface area contributed by atoms with Gasteiger partial charge in [0.15, 0.2) is 0 Å². The van der Waals surface area contributed by atoms with E-state index in [2.05, 4.69) is 0 Å². The normalized spacial score (nSPS) is 7.67. The van der Waals surface area contributed by atoms with Crippen molar-refractivity contribution >= 4 is 5.97 Å². The maximum absolute atomic E-state index is 10.7. The van der Waals surface area contributed by atoms with Crippen LogP contribution in [0.15, 0.2) is 24.3 Å². The fraction of sp³-hybridized carbons (Fsp3) is 0. The van der Waals surface area contributed by atoms with Crippen molar-refractivity contribution in [1.29, 1.82) is 0 Å². The summed E-state index contributed by atoms with van der Waals surface area (Å²) >= 11 is 0. The summed E-state index contributed by atoms with van der Waals surface area (Å²) in [6, 6.07) is 5.54. The Morgan fingerprint density at radius 1 is 1.33 bits per heavy atom. The summed E-state index contributed by atoms with van der Waals surface area (Å²) in [6.45, 7) is 0. The van der Waals surface area contributed by atoms with E-state index in [1.165, 1.54) is 24.3 Å². The zero-order chi connectivity index (χ0) is 7.56. The molecular weight excluding hydrogens is 198 g/mol. The van der Waals surface area contributed by atoms with Crippen molar-refractivity contribution in [2.75, 3.05) is 0 Å². The van der Waals surface area contributed by atoms with E-state index < -0.39 is 11.7 Å². The van der Waals surface area contributed by atoms with E-state index in [-0.39, 0.29) is 29.1 Å². The van der Waals surface area contributed by atoms with Crippen molar-refractivity contribution in [2.45, 2.75) is 0 Å².